The summed E-state index contributed by atoms with van der Waals surface area (Å²) in [4.78, 5) is 14.5. The van der Waals surface area contributed by atoms with Gasteiger partial charge in [-0.3, -0.25) is 4.79 Å². The number of para-hydroxylation sites is 2. The molecule has 2 aromatic carbocycles. The maximum absolute atomic E-state index is 13.3. The molecule has 0 aliphatic carbocycles. The van der Waals surface area contributed by atoms with Gasteiger partial charge in [0.1, 0.15) is 5.75 Å². The Morgan fingerprint density at radius 2 is 2.00 bits per heavy atom. The van der Waals surface area contributed by atoms with E-state index < -0.39 is 11.6 Å². The van der Waals surface area contributed by atoms with Gasteiger partial charge in [-0.15, -0.1) is 11.8 Å². The fourth-order valence-corrected chi connectivity index (χ4v) is 2.98. The van der Waals surface area contributed by atoms with E-state index in [4.69, 9.17) is 10.00 Å². The lowest BCUT2D eigenvalue weighted by Gasteiger charge is -2.23. The van der Waals surface area contributed by atoms with E-state index in [-0.39, 0.29) is 24.6 Å². The summed E-state index contributed by atoms with van der Waals surface area (Å²) in [7, 11) is 1.50. The van der Waals surface area contributed by atoms with Crippen molar-refractivity contribution in [2.75, 3.05) is 24.3 Å². The molecule has 0 saturated heterocycles. The van der Waals surface area contributed by atoms with Crippen molar-refractivity contribution in [3.05, 3.63) is 54.1 Å². The summed E-state index contributed by atoms with van der Waals surface area (Å²) in [6, 6.07) is 12.5. The molecule has 2 rings (SSSR count). The number of ether oxygens (including phenoxy) is 1. The normalized spacial score (nSPS) is 10.2. The first kappa shape index (κ1) is 18.7. The van der Waals surface area contributed by atoms with E-state index >= 15 is 0 Å². The quantitative estimate of drug-likeness (QED) is 0.699. The van der Waals surface area contributed by atoms with Gasteiger partial charge in [-0.1, -0.05) is 12.1 Å². The average Bonchev–Trinajstić information content (AvgIpc) is 2.63. The van der Waals surface area contributed by atoms with Crippen LogP contribution in [0.3, 0.4) is 0 Å². The van der Waals surface area contributed by atoms with Crippen molar-refractivity contribution in [2.24, 2.45) is 0 Å². The van der Waals surface area contributed by atoms with Crippen molar-refractivity contribution >= 4 is 23.4 Å². The number of anilines is 1. The second-order valence-corrected chi connectivity index (χ2v) is 6.04. The van der Waals surface area contributed by atoms with Crippen LogP contribution in [-0.4, -0.2) is 25.3 Å². The topological polar surface area (TPSA) is 53.3 Å². The van der Waals surface area contributed by atoms with Crippen molar-refractivity contribution < 1.29 is 18.3 Å². The van der Waals surface area contributed by atoms with Crippen molar-refractivity contribution in [2.45, 2.75) is 11.3 Å². The maximum atomic E-state index is 13.3. The van der Waals surface area contributed by atoms with Gasteiger partial charge in [0.15, 0.2) is 11.6 Å². The Morgan fingerprint density at radius 3 is 2.68 bits per heavy atom. The Kier molecular flexibility index (Phi) is 6.78. The Hall–Kier alpha value is -2.59. The van der Waals surface area contributed by atoms with Gasteiger partial charge in [0.2, 0.25) is 5.91 Å². The number of hydrogen-bond acceptors (Lipinski definition) is 4. The molecule has 0 saturated carbocycles. The van der Waals surface area contributed by atoms with Gasteiger partial charge < -0.3 is 9.64 Å². The number of amides is 1. The van der Waals surface area contributed by atoms with Crippen molar-refractivity contribution in [1.82, 2.24) is 0 Å². The molecule has 0 aliphatic rings. The zero-order chi connectivity index (χ0) is 18.2. The van der Waals surface area contributed by atoms with Crippen LogP contribution in [0.2, 0.25) is 0 Å². The number of benzene rings is 2. The van der Waals surface area contributed by atoms with Crippen LogP contribution < -0.4 is 9.64 Å². The Bertz CT molecular complexity index is 793. The molecule has 4 nitrogen and oxygen atoms in total. The summed E-state index contributed by atoms with van der Waals surface area (Å²) in [5.74, 6) is -1.60. The van der Waals surface area contributed by atoms with Crippen LogP contribution in [0.4, 0.5) is 14.5 Å². The molecular weight excluding hydrogens is 346 g/mol. The predicted octanol–water partition coefficient (Wildman–Crippen LogP) is 4.01. The summed E-state index contributed by atoms with van der Waals surface area (Å²) in [5.41, 5.74) is 0.566. The van der Waals surface area contributed by atoms with Gasteiger partial charge in [0, 0.05) is 11.4 Å². The Balaban J connectivity index is 2.15. The smallest absolute Gasteiger partial charge is 0.237 e. The molecule has 1 amide bonds. The molecule has 0 heterocycles. The summed E-state index contributed by atoms with van der Waals surface area (Å²) in [6.45, 7) is 0.216. The minimum Gasteiger partial charge on any atom is -0.495 e. The number of rotatable bonds is 7. The lowest BCUT2D eigenvalue weighted by Crippen LogP contribution is -2.33. The van der Waals surface area contributed by atoms with Crippen LogP contribution in [0.15, 0.2) is 47.4 Å². The van der Waals surface area contributed by atoms with E-state index in [0.29, 0.717) is 16.3 Å². The number of halogens is 2. The Labute approximate surface area is 149 Å². The molecule has 0 atom stereocenters. The summed E-state index contributed by atoms with van der Waals surface area (Å²) < 4.78 is 31.5. The molecule has 2 aromatic rings. The Morgan fingerprint density at radius 1 is 1.24 bits per heavy atom. The predicted molar refractivity (Wildman–Crippen MR) is 92.7 cm³/mol. The van der Waals surface area contributed by atoms with E-state index in [2.05, 4.69) is 0 Å². The zero-order valence-electron chi connectivity index (χ0n) is 13.5. The number of thioether (sulfide) groups is 1. The third kappa shape index (κ3) is 4.94. The van der Waals surface area contributed by atoms with Crippen LogP contribution in [0.25, 0.3) is 0 Å². The minimum absolute atomic E-state index is 0.0224. The van der Waals surface area contributed by atoms with Crippen molar-refractivity contribution in [3.63, 3.8) is 0 Å². The molecule has 7 heteroatoms. The van der Waals surface area contributed by atoms with E-state index in [1.165, 1.54) is 18.1 Å². The highest BCUT2D eigenvalue weighted by Gasteiger charge is 2.19. The first-order valence-corrected chi connectivity index (χ1v) is 8.43. The number of carbonyl (C=O) groups is 1. The van der Waals surface area contributed by atoms with Crippen molar-refractivity contribution in [3.8, 4) is 11.8 Å². The molecule has 0 aliphatic heterocycles. The fourth-order valence-electron chi connectivity index (χ4n) is 2.18. The van der Waals surface area contributed by atoms with Gasteiger partial charge in [-0.2, -0.15) is 5.26 Å². The molecule has 0 radical (unpaired) electrons. The molecule has 0 unspecified atom stereocenters. The summed E-state index contributed by atoms with van der Waals surface area (Å²) >= 11 is 1.10. The molecule has 25 heavy (non-hydrogen) atoms. The molecule has 0 fully saturated rings. The molecule has 0 N–H and O–H groups in total. The highest BCUT2D eigenvalue weighted by atomic mass is 32.2. The minimum atomic E-state index is -0.955. The van der Waals surface area contributed by atoms with Crippen LogP contribution in [0.1, 0.15) is 6.42 Å². The lowest BCUT2D eigenvalue weighted by molar-refractivity contribution is -0.116. The monoisotopic (exact) mass is 362 g/mol. The second kappa shape index (κ2) is 9.04. The van der Waals surface area contributed by atoms with E-state index in [1.54, 1.807) is 24.3 Å². The molecule has 130 valence electrons. The lowest BCUT2D eigenvalue weighted by atomic mass is 10.2. The third-order valence-electron chi connectivity index (χ3n) is 3.38. The second-order valence-electron chi connectivity index (χ2n) is 4.99. The SMILES string of the molecule is COc1ccccc1N(CCC#N)C(=O)CSc1ccc(F)c(F)c1. The van der Waals surface area contributed by atoms with E-state index in [1.807, 2.05) is 6.07 Å². The van der Waals surface area contributed by atoms with Gasteiger partial charge >= 0.3 is 0 Å². The average molecular weight is 362 g/mol. The number of methoxy groups -OCH3 is 1. The largest absolute Gasteiger partial charge is 0.495 e. The van der Waals surface area contributed by atoms with Crippen molar-refractivity contribution in [1.29, 1.82) is 5.26 Å². The van der Waals surface area contributed by atoms with Crippen LogP contribution in [-0.2, 0) is 4.79 Å². The maximum Gasteiger partial charge on any atom is 0.237 e. The first-order chi connectivity index (χ1) is 12.1. The zero-order valence-corrected chi connectivity index (χ0v) is 14.4. The molecule has 0 aromatic heterocycles. The van der Waals surface area contributed by atoms with Gasteiger partial charge in [0.05, 0.1) is 31.0 Å². The summed E-state index contributed by atoms with van der Waals surface area (Å²) in [6.07, 6.45) is 0.166. The van der Waals surface area contributed by atoms with E-state index in [0.717, 1.165) is 23.9 Å². The number of nitriles is 1. The first-order valence-electron chi connectivity index (χ1n) is 7.45. The third-order valence-corrected chi connectivity index (χ3v) is 4.36. The van der Waals surface area contributed by atoms with Gasteiger partial charge in [0.25, 0.3) is 0 Å². The highest BCUT2D eigenvalue weighted by molar-refractivity contribution is 8.00. The molecule has 0 bridgehead atoms. The summed E-state index contributed by atoms with van der Waals surface area (Å²) in [5, 5.41) is 8.83. The van der Waals surface area contributed by atoms with Gasteiger partial charge in [-0.05, 0) is 30.3 Å². The number of hydrogen-bond donors (Lipinski definition) is 0. The molecular formula is C18H16F2N2O2S. The van der Waals surface area contributed by atoms with Gasteiger partial charge in [-0.25, -0.2) is 8.78 Å². The van der Waals surface area contributed by atoms with Crippen LogP contribution in [0.5, 0.6) is 5.75 Å². The fraction of sp³-hybridized carbons (Fsp3) is 0.222. The number of nitrogens with zero attached hydrogens (tertiary/aromatic N) is 2. The number of carbonyl (C=O) groups excluding carboxylic acids is 1. The molecule has 0 spiro atoms. The van der Waals surface area contributed by atoms with E-state index in [9.17, 15) is 13.6 Å². The highest BCUT2D eigenvalue weighted by Crippen LogP contribution is 2.29. The van der Waals surface area contributed by atoms with Crippen LogP contribution in [0, 0.1) is 23.0 Å². The van der Waals surface area contributed by atoms with Crippen LogP contribution >= 0.6 is 11.8 Å². The standard InChI is InChI=1S/C18H16F2N2O2S/c1-24-17-6-3-2-5-16(17)22(10-4-9-21)18(23)12-25-13-7-8-14(19)15(20)11-13/h2-3,5-8,11H,4,10,12H2,1H3.